The first-order chi connectivity index (χ1) is 10.7. The van der Waals surface area contributed by atoms with Gasteiger partial charge in [-0.15, -0.1) is 0 Å². The minimum Gasteiger partial charge on any atom is -0.476 e. The number of carboxylic acids is 1. The summed E-state index contributed by atoms with van der Waals surface area (Å²) in [6.07, 6.45) is 6.10. The van der Waals surface area contributed by atoms with Gasteiger partial charge in [-0.3, -0.25) is 4.68 Å². The van der Waals surface area contributed by atoms with Crippen molar-refractivity contribution in [3.8, 4) is 0 Å². The number of piperidine rings is 1. The van der Waals surface area contributed by atoms with E-state index in [1.165, 1.54) is 12.0 Å². The minimum absolute atomic E-state index is 0.0434. The van der Waals surface area contributed by atoms with E-state index in [0.29, 0.717) is 11.9 Å². The summed E-state index contributed by atoms with van der Waals surface area (Å²) in [5.41, 5.74) is 1.25. The van der Waals surface area contributed by atoms with Crippen LogP contribution in [0, 0.1) is 0 Å². The monoisotopic (exact) mass is 304 g/mol. The van der Waals surface area contributed by atoms with E-state index >= 15 is 0 Å². The SMILES string of the molecule is CCCn1nccc1C1CCN(c2nc(C(=O)O)co2)CC1. The van der Waals surface area contributed by atoms with Crippen molar-refractivity contribution >= 4 is 12.0 Å². The average Bonchev–Trinajstić information content (AvgIpc) is 3.17. The molecule has 0 atom stereocenters. The van der Waals surface area contributed by atoms with Gasteiger partial charge in [-0.1, -0.05) is 6.92 Å². The van der Waals surface area contributed by atoms with Gasteiger partial charge in [-0.05, 0) is 25.3 Å². The number of aromatic carboxylic acids is 1. The van der Waals surface area contributed by atoms with Gasteiger partial charge < -0.3 is 14.4 Å². The summed E-state index contributed by atoms with van der Waals surface area (Å²) in [6, 6.07) is 2.50. The van der Waals surface area contributed by atoms with Gasteiger partial charge in [0.1, 0.15) is 6.26 Å². The molecule has 1 aliphatic rings. The lowest BCUT2D eigenvalue weighted by molar-refractivity contribution is 0.0690. The standard InChI is InChI=1S/C15H20N4O3/c1-2-7-19-13(3-6-16-19)11-4-8-18(9-5-11)15-17-12(10-22-15)14(20)21/h3,6,10-11H,2,4-5,7-9H2,1H3,(H,20,21). The number of oxazole rings is 1. The maximum atomic E-state index is 10.9. The Hall–Kier alpha value is -2.31. The molecule has 2 aromatic heterocycles. The van der Waals surface area contributed by atoms with E-state index in [9.17, 15) is 4.79 Å². The minimum atomic E-state index is -1.06. The summed E-state index contributed by atoms with van der Waals surface area (Å²) in [5.74, 6) is -0.576. The number of hydrogen-bond donors (Lipinski definition) is 1. The number of aryl methyl sites for hydroxylation is 1. The van der Waals surface area contributed by atoms with E-state index in [4.69, 9.17) is 9.52 Å². The van der Waals surface area contributed by atoms with E-state index < -0.39 is 5.97 Å². The largest absolute Gasteiger partial charge is 0.476 e. The zero-order valence-electron chi connectivity index (χ0n) is 12.6. The molecular formula is C15H20N4O3. The molecule has 1 aliphatic heterocycles. The smallest absolute Gasteiger partial charge is 0.357 e. The molecule has 3 rings (SSSR count). The van der Waals surface area contributed by atoms with Crippen LogP contribution in [-0.2, 0) is 6.54 Å². The number of hydrogen-bond acceptors (Lipinski definition) is 5. The van der Waals surface area contributed by atoms with Gasteiger partial charge in [0.15, 0.2) is 5.69 Å². The van der Waals surface area contributed by atoms with E-state index in [2.05, 4.69) is 27.8 Å². The van der Waals surface area contributed by atoms with Crippen molar-refractivity contribution in [1.82, 2.24) is 14.8 Å². The average molecular weight is 304 g/mol. The van der Waals surface area contributed by atoms with Crippen LogP contribution in [0.2, 0.25) is 0 Å². The fraction of sp³-hybridized carbons (Fsp3) is 0.533. The lowest BCUT2D eigenvalue weighted by atomic mass is 9.93. The van der Waals surface area contributed by atoms with Crippen molar-refractivity contribution in [3.05, 3.63) is 29.9 Å². The maximum absolute atomic E-state index is 10.9. The Balaban J connectivity index is 1.64. The number of carbonyl (C=O) groups is 1. The van der Waals surface area contributed by atoms with E-state index in [1.807, 2.05) is 11.1 Å². The van der Waals surface area contributed by atoms with Crippen LogP contribution in [0.1, 0.15) is 48.3 Å². The number of anilines is 1. The summed E-state index contributed by atoms with van der Waals surface area (Å²) >= 11 is 0. The first-order valence-electron chi connectivity index (χ1n) is 7.64. The fourth-order valence-electron chi connectivity index (χ4n) is 2.96. The topological polar surface area (TPSA) is 84.4 Å². The second-order valence-electron chi connectivity index (χ2n) is 5.56. The molecule has 1 saturated heterocycles. The summed E-state index contributed by atoms with van der Waals surface area (Å²) in [7, 11) is 0. The van der Waals surface area contributed by atoms with E-state index in [-0.39, 0.29) is 5.69 Å². The molecule has 0 saturated carbocycles. The zero-order valence-corrected chi connectivity index (χ0v) is 12.6. The molecule has 1 fully saturated rings. The second kappa shape index (κ2) is 6.21. The Morgan fingerprint density at radius 2 is 2.23 bits per heavy atom. The zero-order chi connectivity index (χ0) is 15.5. The van der Waals surface area contributed by atoms with Crippen LogP contribution >= 0.6 is 0 Å². The fourth-order valence-corrected chi connectivity index (χ4v) is 2.96. The summed E-state index contributed by atoms with van der Waals surface area (Å²) in [6.45, 7) is 4.71. The number of nitrogens with zero attached hydrogens (tertiary/aromatic N) is 4. The highest BCUT2D eigenvalue weighted by Gasteiger charge is 2.26. The quantitative estimate of drug-likeness (QED) is 0.913. The van der Waals surface area contributed by atoms with Crippen LogP contribution < -0.4 is 4.90 Å². The lowest BCUT2D eigenvalue weighted by Gasteiger charge is -2.31. The third-order valence-electron chi connectivity index (χ3n) is 4.08. The Bertz CT molecular complexity index is 641. The van der Waals surface area contributed by atoms with E-state index in [1.54, 1.807) is 0 Å². The normalized spacial score (nSPS) is 16.1. The molecule has 0 aliphatic carbocycles. The summed E-state index contributed by atoms with van der Waals surface area (Å²) in [4.78, 5) is 16.9. The predicted octanol–water partition coefficient (Wildman–Crippen LogP) is 2.36. The highest BCUT2D eigenvalue weighted by molar-refractivity contribution is 5.85. The highest BCUT2D eigenvalue weighted by atomic mass is 16.4. The van der Waals surface area contributed by atoms with Crippen molar-refractivity contribution in [2.75, 3.05) is 18.0 Å². The first kappa shape index (κ1) is 14.6. The molecular weight excluding hydrogens is 284 g/mol. The molecule has 0 radical (unpaired) electrons. The van der Waals surface area contributed by atoms with Gasteiger partial charge in [0.25, 0.3) is 6.01 Å². The molecule has 0 amide bonds. The van der Waals surface area contributed by atoms with Crippen LogP contribution in [-0.4, -0.2) is 38.9 Å². The number of rotatable bonds is 5. The molecule has 0 bridgehead atoms. The van der Waals surface area contributed by atoms with Gasteiger partial charge in [-0.25, -0.2) is 4.79 Å². The Morgan fingerprint density at radius 1 is 1.45 bits per heavy atom. The number of aromatic nitrogens is 3. The van der Waals surface area contributed by atoms with Crippen LogP contribution in [0.4, 0.5) is 6.01 Å². The maximum Gasteiger partial charge on any atom is 0.357 e. The summed E-state index contributed by atoms with van der Waals surface area (Å²) < 4.78 is 7.36. The molecule has 1 N–H and O–H groups in total. The number of carboxylic acid groups (broad SMARTS) is 1. The lowest BCUT2D eigenvalue weighted by Crippen LogP contribution is -2.33. The van der Waals surface area contributed by atoms with Crippen LogP contribution in [0.5, 0.6) is 0 Å². The Labute approximate surface area is 128 Å². The molecule has 7 nitrogen and oxygen atoms in total. The van der Waals surface area contributed by atoms with Crippen molar-refractivity contribution in [3.63, 3.8) is 0 Å². The third-order valence-corrected chi connectivity index (χ3v) is 4.08. The van der Waals surface area contributed by atoms with Gasteiger partial charge in [-0.2, -0.15) is 10.1 Å². The highest BCUT2D eigenvalue weighted by Crippen LogP contribution is 2.30. The Morgan fingerprint density at radius 3 is 2.86 bits per heavy atom. The van der Waals surface area contributed by atoms with Crippen molar-refractivity contribution in [2.45, 2.75) is 38.6 Å². The molecule has 22 heavy (non-hydrogen) atoms. The molecule has 0 unspecified atom stereocenters. The molecule has 2 aromatic rings. The molecule has 0 aromatic carbocycles. The summed E-state index contributed by atoms with van der Waals surface area (Å²) in [5, 5.41) is 13.3. The van der Waals surface area contributed by atoms with Crippen molar-refractivity contribution in [2.24, 2.45) is 0 Å². The molecule has 7 heteroatoms. The van der Waals surface area contributed by atoms with Crippen molar-refractivity contribution in [1.29, 1.82) is 0 Å². The predicted molar refractivity (Wildman–Crippen MR) is 80.2 cm³/mol. The van der Waals surface area contributed by atoms with Gasteiger partial charge >= 0.3 is 5.97 Å². The third kappa shape index (κ3) is 2.84. The van der Waals surface area contributed by atoms with Crippen LogP contribution in [0.15, 0.2) is 22.9 Å². The second-order valence-corrected chi connectivity index (χ2v) is 5.56. The Kier molecular flexibility index (Phi) is 4.13. The van der Waals surface area contributed by atoms with Crippen LogP contribution in [0.25, 0.3) is 0 Å². The van der Waals surface area contributed by atoms with Gasteiger partial charge in [0.2, 0.25) is 0 Å². The molecule has 0 spiro atoms. The van der Waals surface area contributed by atoms with Crippen molar-refractivity contribution < 1.29 is 14.3 Å². The van der Waals surface area contributed by atoms with Gasteiger partial charge in [0.05, 0.1) is 0 Å². The van der Waals surface area contributed by atoms with Gasteiger partial charge in [0, 0.05) is 37.4 Å². The molecule has 118 valence electrons. The first-order valence-corrected chi connectivity index (χ1v) is 7.64. The molecule has 3 heterocycles. The van der Waals surface area contributed by atoms with Crippen LogP contribution in [0.3, 0.4) is 0 Å². The van der Waals surface area contributed by atoms with E-state index in [0.717, 1.165) is 38.9 Å².